The van der Waals surface area contributed by atoms with Gasteiger partial charge in [-0.3, -0.25) is 9.40 Å². The van der Waals surface area contributed by atoms with Gasteiger partial charge < -0.3 is 4.74 Å². The van der Waals surface area contributed by atoms with Gasteiger partial charge in [-0.15, -0.1) is 0 Å². The van der Waals surface area contributed by atoms with Gasteiger partial charge in [0, 0.05) is 17.3 Å². The molecule has 0 atom stereocenters. The molecule has 0 spiro atoms. The highest BCUT2D eigenvalue weighted by molar-refractivity contribution is 7.92. The molecule has 1 aliphatic heterocycles. The fourth-order valence-electron chi connectivity index (χ4n) is 3.01. The molecular weight excluding hydrogens is 338 g/mol. The van der Waals surface area contributed by atoms with E-state index in [1.54, 1.807) is 49.7 Å². The van der Waals surface area contributed by atoms with Gasteiger partial charge in [-0.1, -0.05) is 17.7 Å². The molecule has 1 N–H and O–H groups in total. The molecule has 0 aliphatic carbocycles. The lowest BCUT2D eigenvalue weighted by Gasteiger charge is -2.30. The average molecular weight is 355 g/mol. The van der Waals surface area contributed by atoms with E-state index in [2.05, 4.69) is 10.2 Å². The van der Waals surface area contributed by atoms with Crippen LogP contribution in [0.2, 0.25) is 0 Å². The molecule has 0 saturated carbocycles. The van der Waals surface area contributed by atoms with E-state index in [4.69, 9.17) is 4.74 Å². The van der Waals surface area contributed by atoms with Crippen molar-refractivity contribution in [3.05, 3.63) is 59.8 Å². The number of aromatic nitrogens is 2. The molecule has 0 amide bonds. The largest absolute Gasteiger partial charge is 0.497 e. The predicted octanol–water partition coefficient (Wildman–Crippen LogP) is 3.10. The molecule has 6 nitrogen and oxygen atoms in total. The number of fused-ring (bicyclic) bond motifs is 3. The number of H-pyrrole nitrogens is 1. The number of rotatable bonds is 3. The Morgan fingerprint density at radius 3 is 2.64 bits per heavy atom. The summed E-state index contributed by atoms with van der Waals surface area (Å²) in [4.78, 5) is 0.270. The Hall–Kier alpha value is -2.80. The molecule has 25 heavy (non-hydrogen) atoms. The van der Waals surface area contributed by atoms with Crippen LogP contribution in [0.15, 0.2) is 53.6 Å². The number of aryl methyl sites for hydroxylation is 1. The van der Waals surface area contributed by atoms with Crippen LogP contribution in [-0.4, -0.2) is 25.7 Å². The normalized spacial score (nSPS) is 13.3. The Morgan fingerprint density at radius 2 is 1.92 bits per heavy atom. The first-order valence-corrected chi connectivity index (χ1v) is 9.25. The summed E-state index contributed by atoms with van der Waals surface area (Å²) >= 11 is 0. The molecule has 128 valence electrons. The van der Waals surface area contributed by atoms with Gasteiger partial charge in [0.2, 0.25) is 0 Å². The van der Waals surface area contributed by atoms with E-state index in [9.17, 15) is 8.42 Å². The summed E-state index contributed by atoms with van der Waals surface area (Å²) in [5, 5.41) is 7.10. The van der Waals surface area contributed by atoms with Crippen LogP contribution in [0.5, 0.6) is 5.75 Å². The Labute approximate surface area is 146 Å². The number of nitrogens with one attached hydrogen (secondary N) is 1. The number of sulfonamides is 1. The number of aromatic amines is 1. The maximum absolute atomic E-state index is 13.2. The van der Waals surface area contributed by atoms with Crippen LogP contribution in [0.4, 0.5) is 5.69 Å². The SMILES string of the molecule is COc1ccc2c(c1)-c1n[nH]cc1CN2S(=O)(=O)c1ccc(C)cc1. The standard InChI is InChI=1S/C18H17N3O3S/c1-12-3-6-15(7-4-12)25(22,23)21-11-13-10-19-20-18(13)16-9-14(24-2)5-8-17(16)21/h3-10H,11H2,1-2H3,(H,19,20). The maximum Gasteiger partial charge on any atom is 0.264 e. The quantitative estimate of drug-likeness (QED) is 0.783. The van der Waals surface area contributed by atoms with Crippen molar-refractivity contribution in [3.63, 3.8) is 0 Å². The van der Waals surface area contributed by atoms with Crippen LogP contribution >= 0.6 is 0 Å². The summed E-state index contributed by atoms with van der Waals surface area (Å²) in [6.07, 6.45) is 1.73. The Bertz CT molecular complexity index is 1040. The van der Waals surface area contributed by atoms with Crippen LogP contribution in [0, 0.1) is 6.92 Å². The Morgan fingerprint density at radius 1 is 1.16 bits per heavy atom. The van der Waals surface area contributed by atoms with E-state index in [0.29, 0.717) is 11.4 Å². The second-order valence-electron chi connectivity index (χ2n) is 5.97. The van der Waals surface area contributed by atoms with E-state index in [0.717, 1.165) is 22.4 Å². The molecular formula is C18H17N3O3S. The fraction of sp³-hybridized carbons (Fsp3) is 0.167. The van der Waals surface area contributed by atoms with E-state index < -0.39 is 10.0 Å². The van der Waals surface area contributed by atoms with Crippen LogP contribution in [0.1, 0.15) is 11.1 Å². The zero-order chi connectivity index (χ0) is 17.6. The van der Waals surface area contributed by atoms with Crippen molar-refractivity contribution in [2.75, 3.05) is 11.4 Å². The molecule has 0 unspecified atom stereocenters. The fourth-order valence-corrected chi connectivity index (χ4v) is 4.47. The summed E-state index contributed by atoms with van der Waals surface area (Å²) in [5.41, 5.74) is 3.93. The molecule has 0 fully saturated rings. The van der Waals surface area contributed by atoms with Gasteiger partial charge in [-0.25, -0.2) is 8.42 Å². The topological polar surface area (TPSA) is 75.3 Å². The lowest BCUT2D eigenvalue weighted by atomic mass is 10.0. The van der Waals surface area contributed by atoms with Crippen molar-refractivity contribution in [2.45, 2.75) is 18.4 Å². The minimum absolute atomic E-state index is 0.237. The highest BCUT2D eigenvalue weighted by Crippen LogP contribution is 2.42. The zero-order valence-electron chi connectivity index (χ0n) is 13.9. The first-order chi connectivity index (χ1) is 12.0. The highest BCUT2D eigenvalue weighted by Gasteiger charge is 2.33. The van der Waals surface area contributed by atoms with Gasteiger partial charge in [0.05, 0.1) is 29.9 Å². The summed E-state index contributed by atoms with van der Waals surface area (Å²) in [6.45, 7) is 2.16. The Balaban J connectivity index is 1.89. The molecule has 2 heterocycles. The third kappa shape index (κ3) is 2.47. The summed E-state index contributed by atoms with van der Waals surface area (Å²) < 4.78 is 33.1. The molecule has 1 aliphatic rings. The lowest BCUT2D eigenvalue weighted by molar-refractivity contribution is 0.415. The number of hydrogen-bond acceptors (Lipinski definition) is 4. The van der Waals surface area contributed by atoms with Gasteiger partial charge in [0.15, 0.2) is 0 Å². The van der Waals surface area contributed by atoms with Gasteiger partial charge in [-0.2, -0.15) is 5.10 Å². The van der Waals surface area contributed by atoms with Crippen molar-refractivity contribution in [2.24, 2.45) is 0 Å². The summed E-state index contributed by atoms with van der Waals surface area (Å²) in [5.74, 6) is 0.655. The van der Waals surface area contributed by atoms with Crippen LogP contribution < -0.4 is 9.04 Å². The van der Waals surface area contributed by atoms with Gasteiger partial charge in [0.1, 0.15) is 5.75 Å². The molecule has 0 saturated heterocycles. The highest BCUT2D eigenvalue weighted by atomic mass is 32.2. The van der Waals surface area contributed by atoms with Crippen molar-refractivity contribution in [3.8, 4) is 17.0 Å². The van der Waals surface area contributed by atoms with Crippen molar-refractivity contribution in [1.29, 1.82) is 0 Å². The van der Waals surface area contributed by atoms with E-state index in [1.165, 1.54) is 4.31 Å². The molecule has 7 heteroatoms. The van der Waals surface area contributed by atoms with E-state index in [-0.39, 0.29) is 11.4 Å². The first kappa shape index (κ1) is 15.7. The van der Waals surface area contributed by atoms with Crippen molar-refractivity contribution < 1.29 is 13.2 Å². The third-order valence-electron chi connectivity index (χ3n) is 4.37. The maximum atomic E-state index is 13.2. The molecule has 4 rings (SSSR count). The summed E-state index contributed by atoms with van der Waals surface area (Å²) in [6, 6.07) is 12.2. The zero-order valence-corrected chi connectivity index (χ0v) is 14.7. The molecule has 0 bridgehead atoms. The molecule has 2 aromatic carbocycles. The Kier molecular flexibility index (Phi) is 3.54. The van der Waals surface area contributed by atoms with Gasteiger partial charge in [0.25, 0.3) is 10.0 Å². The number of nitrogens with zero attached hydrogens (tertiary/aromatic N) is 2. The van der Waals surface area contributed by atoms with Crippen LogP contribution in [0.3, 0.4) is 0 Å². The second-order valence-corrected chi connectivity index (χ2v) is 7.83. The molecule has 3 aromatic rings. The summed E-state index contributed by atoms with van der Waals surface area (Å²) in [7, 11) is -2.10. The number of methoxy groups -OCH3 is 1. The monoisotopic (exact) mass is 355 g/mol. The van der Waals surface area contributed by atoms with Gasteiger partial charge >= 0.3 is 0 Å². The van der Waals surface area contributed by atoms with Crippen LogP contribution in [-0.2, 0) is 16.6 Å². The van der Waals surface area contributed by atoms with Crippen molar-refractivity contribution in [1.82, 2.24) is 10.2 Å². The molecule has 1 aromatic heterocycles. The third-order valence-corrected chi connectivity index (χ3v) is 6.14. The van der Waals surface area contributed by atoms with E-state index in [1.807, 2.05) is 13.0 Å². The number of hydrogen-bond donors (Lipinski definition) is 1. The lowest BCUT2D eigenvalue weighted by Crippen LogP contribution is -2.33. The van der Waals surface area contributed by atoms with Gasteiger partial charge in [-0.05, 0) is 37.3 Å². The minimum Gasteiger partial charge on any atom is -0.497 e. The van der Waals surface area contributed by atoms with E-state index >= 15 is 0 Å². The minimum atomic E-state index is -3.68. The molecule has 0 radical (unpaired) electrons. The first-order valence-electron chi connectivity index (χ1n) is 7.81. The number of anilines is 1. The predicted molar refractivity (Wildman–Crippen MR) is 95.1 cm³/mol. The van der Waals surface area contributed by atoms with Crippen molar-refractivity contribution >= 4 is 15.7 Å². The second kappa shape index (κ2) is 5.63. The van der Waals surface area contributed by atoms with Crippen LogP contribution in [0.25, 0.3) is 11.3 Å². The number of ether oxygens (including phenoxy) is 1. The number of benzene rings is 2. The average Bonchev–Trinajstić information content (AvgIpc) is 3.09. The smallest absolute Gasteiger partial charge is 0.264 e.